The molecule has 0 bridgehead atoms. The summed E-state index contributed by atoms with van der Waals surface area (Å²) in [6.07, 6.45) is 3.33. The number of benzene rings is 1. The summed E-state index contributed by atoms with van der Waals surface area (Å²) in [5, 5.41) is 0.581. The molecule has 24 heavy (non-hydrogen) atoms. The van der Waals surface area contributed by atoms with Gasteiger partial charge in [-0.3, -0.25) is 9.59 Å². The minimum absolute atomic E-state index is 0.0816. The van der Waals surface area contributed by atoms with Crippen molar-refractivity contribution in [1.29, 1.82) is 0 Å². The zero-order chi connectivity index (χ0) is 16.7. The van der Waals surface area contributed by atoms with Crippen molar-refractivity contribution in [2.75, 3.05) is 11.4 Å². The molecular weight excluding hydrogens is 306 g/mol. The molecule has 1 aromatic carbocycles. The quantitative estimate of drug-likeness (QED) is 0.770. The molecule has 1 N–H and O–H groups in total. The predicted octanol–water partition coefficient (Wildman–Crippen LogP) is 1.36. The molecule has 1 unspecified atom stereocenters. The highest BCUT2D eigenvalue weighted by molar-refractivity contribution is 5.77. The lowest BCUT2D eigenvalue weighted by molar-refractivity contribution is 0.657. The number of H-pyrrole nitrogens is 1. The van der Waals surface area contributed by atoms with Gasteiger partial charge in [-0.05, 0) is 25.0 Å². The number of aromatic nitrogens is 4. The molecule has 122 valence electrons. The minimum atomic E-state index is -0.139. The number of hydrogen-bond donors (Lipinski definition) is 1. The molecule has 0 amide bonds. The highest BCUT2D eigenvalue weighted by Crippen LogP contribution is 2.32. The Bertz CT molecular complexity index is 1020. The SMILES string of the molecule is Cn1cnc(N2CCCC2c2nc3ccccc3c(=O)[nH]2)cc1=O. The monoisotopic (exact) mass is 323 g/mol. The molecule has 4 rings (SSSR count). The number of anilines is 1. The molecule has 0 spiro atoms. The van der Waals surface area contributed by atoms with Gasteiger partial charge in [-0.2, -0.15) is 0 Å². The number of para-hydroxylation sites is 1. The van der Waals surface area contributed by atoms with Gasteiger partial charge >= 0.3 is 0 Å². The number of fused-ring (bicyclic) bond motifs is 1. The zero-order valence-electron chi connectivity index (χ0n) is 13.3. The van der Waals surface area contributed by atoms with Crippen LogP contribution in [0.4, 0.5) is 5.82 Å². The lowest BCUT2D eigenvalue weighted by Crippen LogP contribution is -2.29. The Morgan fingerprint density at radius 1 is 1.25 bits per heavy atom. The molecule has 7 heteroatoms. The van der Waals surface area contributed by atoms with Crippen LogP contribution in [0.5, 0.6) is 0 Å². The average Bonchev–Trinajstić information content (AvgIpc) is 3.07. The largest absolute Gasteiger partial charge is 0.346 e. The lowest BCUT2D eigenvalue weighted by Gasteiger charge is -2.25. The van der Waals surface area contributed by atoms with Crippen LogP contribution in [0.15, 0.2) is 46.2 Å². The second-order valence-electron chi connectivity index (χ2n) is 6.02. The maximum absolute atomic E-state index is 12.3. The molecule has 1 fully saturated rings. The topological polar surface area (TPSA) is 83.9 Å². The molecule has 1 atom stereocenters. The number of nitrogens with zero attached hydrogens (tertiary/aromatic N) is 4. The molecular formula is C17H17N5O2. The van der Waals surface area contributed by atoms with Crippen LogP contribution in [0.3, 0.4) is 0 Å². The van der Waals surface area contributed by atoms with E-state index in [4.69, 9.17) is 0 Å². The highest BCUT2D eigenvalue weighted by Gasteiger charge is 2.29. The van der Waals surface area contributed by atoms with Crippen LogP contribution in [0.1, 0.15) is 24.7 Å². The van der Waals surface area contributed by atoms with Crippen molar-refractivity contribution in [3.63, 3.8) is 0 Å². The van der Waals surface area contributed by atoms with Crippen LogP contribution in [0, 0.1) is 0 Å². The second kappa shape index (κ2) is 5.59. The van der Waals surface area contributed by atoms with Crippen LogP contribution in [0.2, 0.25) is 0 Å². The van der Waals surface area contributed by atoms with Gasteiger partial charge < -0.3 is 14.5 Å². The summed E-state index contributed by atoms with van der Waals surface area (Å²) in [4.78, 5) is 38.1. The van der Waals surface area contributed by atoms with Crippen LogP contribution < -0.4 is 16.0 Å². The summed E-state index contributed by atoms with van der Waals surface area (Å²) in [7, 11) is 1.67. The molecule has 2 aromatic heterocycles. The van der Waals surface area contributed by atoms with Gasteiger partial charge in [0, 0.05) is 19.7 Å². The van der Waals surface area contributed by atoms with Crippen molar-refractivity contribution in [3.8, 4) is 0 Å². The van der Waals surface area contributed by atoms with Crippen molar-refractivity contribution >= 4 is 16.7 Å². The Morgan fingerprint density at radius 2 is 2.08 bits per heavy atom. The van der Waals surface area contributed by atoms with E-state index in [2.05, 4.69) is 15.0 Å². The van der Waals surface area contributed by atoms with Gasteiger partial charge in [0.1, 0.15) is 11.6 Å². The maximum atomic E-state index is 12.3. The molecule has 3 aromatic rings. The van der Waals surface area contributed by atoms with Crippen molar-refractivity contribution in [2.45, 2.75) is 18.9 Å². The molecule has 1 aliphatic heterocycles. The molecule has 1 aliphatic rings. The highest BCUT2D eigenvalue weighted by atomic mass is 16.1. The molecule has 0 radical (unpaired) electrons. The van der Waals surface area contributed by atoms with E-state index in [1.807, 2.05) is 23.1 Å². The van der Waals surface area contributed by atoms with Crippen molar-refractivity contribution < 1.29 is 0 Å². The molecule has 0 saturated carbocycles. The van der Waals surface area contributed by atoms with Crippen molar-refractivity contribution in [2.24, 2.45) is 7.05 Å². The number of nitrogens with one attached hydrogen (secondary N) is 1. The summed E-state index contributed by atoms with van der Waals surface area (Å²) >= 11 is 0. The minimum Gasteiger partial charge on any atom is -0.346 e. The van der Waals surface area contributed by atoms with Gasteiger partial charge in [0.2, 0.25) is 0 Å². The predicted molar refractivity (Wildman–Crippen MR) is 91.2 cm³/mol. The van der Waals surface area contributed by atoms with E-state index < -0.39 is 0 Å². The summed E-state index contributed by atoms with van der Waals surface area (Å²) in [6.45, 7) is 0.779. The van der Waals surface area contributed by atoms with Crippen molar-refractivity contribution in [3.05, 3.63) is 63.2 Å². The number of hydrogen-bond acceptors (Lipinski definition) is 5. The number of aromatic amines is 1. The van der Waals surface area contributed by atoms with Gasteiger partial charge in [0.05, 0.1) is 23.3 Å². The standard InChI is InChI=1S/C17H17N5O2/c1-21-10-18-14(9-15(21)23)22-8-4-7-13(22)16-19-12-6-3-2-5-11(12)17(24)20-16/h2-3,5-6,9-10,13H,4,7-8H2,1H3,(H,19,20,24). The number of aryl methyl sites for hydroxylation is 1. The third-order valence-electron chi connectivity index (χ3n) is 4.46. The van der Waals surface area contributed by atoms with E-state index in [0.717, 1.165) is 19.4 Å². The summed E-state index contributed by atoms with van der Waals surface area (Å²) < 4.78 is 1.44. The first-order valence-electron chi connectivity index (χ1n) is 7.92. The fourth-order valence-corrected chi connectivity index (χ4v) is 3.20. The van der Waals surface area contributed by atoms with Gasteiger partial charge in [0.15, 0.2) is 0 Å². The Labute approximate surface area is 137 Å². The fourth-order valence-electron chi connectivity index (χ4n) is 3.20. The summed E-state index contributed by atoms with van der Waals surface area (Å²) in [6, 6.07) is 8.74. The van der Waals surface area contributed by atoms with Crippen LogP contribution in [0.25, 0.3) is 10.9 Å². The molecule has 1 saturated heterocycles. The number of rotatable bonds is 2. The van der Waals surface area contributed by atoms with Crippen LogP contribution in [-0.2, 0) is 7.05 Å². The van der Waals surface area contributed by atoms with E-state index in [-0.39, 0.29) is 17.2 Å². The van der Waals surface area contributed by atoms with E-state index in [9.17, 15) is 9.59 Å². The maximum Gasteiger partial charge on any atom is 0.258 e. The van der Waals surface area contributed by atoms with Gasteiger partial charge in [-0.1, -0.05) is 12.1 Å². The first kappa shape index (κ1) is 14.6. The zero-order valence-corrected chi connectivity index (χ0v) is 13.3. The summed E-state index contributed by atoms with van der Waals surface area (Å²) in [5.74, 6) is 1.25. The van der Waals surface area contributed by atoms with Gasteiger partial charge in [0.25, 0.3) is 11.1 Å². The Hall–Kier alpha value is -2.96. The average molecular weight is 323 g/mol. The van der Waals surface area contributed by atoms with E-state index in [1.54, 1.807) is 13.1 Å². The Morgan fingerprint density at radius 3 is 2.92 bits per heavy atom. The third-order valence-corrected chi connectivity index (χ3v) is 4.46. The van der Waals surface area contributed by atoms with Crippen LogP contribution >= 0.6 is 0 Å². The lowest BCUT2D eigenvalue weighted by atomic mass is 10.2. The first-order valence-corrected chi connectivity index (χ1v) is 7.92. The third kappa shape index (κ3) is 2.38. The van der Waals surface area contributed by atoms with E-state index in [1.165, 1.54) is 17.0 Å². The van der Waals surface area contributed by atoms with Gasteiger partial charge in [-0.15, -0.1) is 0 Å². The van der Waals surface area contributed by atoms with E-state index >= 15 is 0 Å². The normalized spacial score (nSPS) is 17.5. The van der Waals surface area contributed by atoms with Crippen LogP contribution in [-0.4, -0.2) is 26.1 Å². The first-order chi connectivity index (χ1) is 11.6. The van der Waals surface area contributed by atoms with Crippen molar-refractivity contribution in [1.82, 2.24) is 19.5 Å². The fraction of sp³-hybridized carbons (Fsp3) is 0.294. The second-order valence-corrected chi connectivity index (χ2v) is 6.02. The van der Waals surface area contributed by atoms with Gasteiger partial charge in [-0.25, -0.2) is 9.97 Å². The molecule has 0 aliphatic carbocycles. The Balaban J connectivity index is 1.79. The smallest absolute Gasteiger partial charge is 0.258 e. The molecule has 3 heterocycles. The van der Waals surface area contributed by atoms with E-state index in [0.29, 0.717) is 22.5 Å². The molecule has 7 nitrogen and oxygen atoms in total. The Kier molecular flexibility index (Phi) is 3.41. The summed E-state index contributed by atoms with van der Waals surface area (Å²) in [5.41, 5.74) is 0.435.